The summed E-state index contributed by atoms with van der Waals surface area (Å²) in [6, 6.07) is 1.19. The maximum absolute atomic E-state index is 5.18. The number of nitrogens with one attached hydrogen (secondary N) is 1. The lowest BCUT2D eigenvalue weighted by Gasteiger charge is -2.38. The molecular weight excluding hydrogens is 152 g/mol. The summed E-state index contributed by atoms with van der Waals surface area (Å²) < 4.78 is 5.18. The topological polar surface area (TPSA) is 24.5 Å². The van der Waals surface area contributed by atoms with Gasteiger partial charge in [0.1, 0.15) is 0 Å². The fourth-order valence-electron chi connectivity index (χ4n) is 1.80. The molecule has 72 valence electrons. The quantitative estimate of drug-likeness (QED) is 0.663. The van der Waals surface area contributed by atoms with E-state index in [0.717, 1.165) is 26.2 Å². The molecule has 1 aliphatic heterocycles. The fraction of sp³-hybridized carbons (Fsp3) is 1.00. The van der Waals surface area contributed by atoms with Crippen LogP contribution in [0, 0.1) is 0 Å². The van der Waals surface area contributed by atoms with Gasteiger partial charge in [-0.2, -0.15) is 0 Å². The standard InChI is InChI=1S/C9H20N2O/c1-8(2)11-5-4-10-6-9(11)7-12-3/h8-10H,4-7H2,1-3H3. The Morgan fingerprint density at radius 2 is 2.33 bits per heavy atom. The van der Waals surface area contributed by atoms with E-state index in [-0.39, 0.29) is 0 Å². The van der Waals surface area contributed by atoms with Crippen LogP contribution in [0.1, 0.15) is 13.8 Å². The molecule has 1 rings (SSSR count). The molecular formula is C9H20N2O. The Kier molecular flexibility index (Phi) is 3.98. The summed E-state index contributed by atoms with van der Waals surface area (Å²) in [5.74, 6) is 0. The van der Waals surface area contributed by atoms with Gasteiger partial charge in [0.05, 0.1) is 6.61 Å². The van der Waals surface area contributed by atoms with Crippen LogP contribution in [-0.4, -0.2) is 50.3 Å². The van der Waals surface area contributed by atoms with Gasteiger partial charge in [0.2, 0.25) is 0 Å². The fourth-order valence-corrected chi connectivity index (χ4v) is 1.80. The molecule has 1 N–H and O–H groups in total. The summed E-state index contributed by atoms with van der Waals surface area (Å²) in [4.78, 5) is 2.50. The number of piperazine rings is 1. The minimum Gasteiger partial charge on any atom is -0.383 e. The van der Waals surface area contributed by atoms with Crippen LogP contribution in [0.25, 0.3) is 0 Å². The predicted octanol–water partition coefficient (Wildman–Crippen LogP) is 0.315. The highest BCUT2D eigenvalue weighted by Crippen LogP contribution is 2.07. The van der Waals surface area contributed by atoms with Crippen molar-refractivity contribution < 1.29 is 4.74 Å². The van der Waals surface area contributed by atoms with Crippen LogP contribution >= 0.6 is 0 Å². The average molecular weight is 172 g/mol. The molecule has 1 atom stereocenters. The summed E-state index contributed by atoms with van der Waals surface area (Å²) >= 11 is 0. The molecule has 12 heavy (non-hydrogen) atoms. The van der Waals surface area contributed by atoms with Gasteiger partial charge < -0.3 is 10.1 Å². The molecule has 1 aliphatic rings. The first-order chi connectivity index (χ1) is 5.75. The lowest BCUT2D eigenvalue weighted by atomic mass is 10.1. The third-order valence-corrected chi connectivity index (χ3v) is 2.42. The van der Waals surface area contributed by atoms with E-state index in [2.05, 4.69) is 24.1 Å². The third-order valence-electron chi connectivity index (χ3n) is 2.42. The van der Waals surface area contributed by atoms with Crippen LogP contribution in [-0.2, 0) is 4.74 Å². The Labute approximate surface area is 75.1 Å². The van der Waals surface area contributed by atoms with Crippen molar-refractivity contribution in [3.63, 3.8) is 0 Å². The number of hydrogen-bond donors (Lipinski definition) is 1. The SMILES string of the molecule is COCC1CNCCN1C(C)C. The molecule has 1 heterocycles. The maximum atomic E-state index is 5.18. The largest absolute Gasteiger partial charge is 0.383 e. The molecule has 0 spiro atoms. The van der Waals surface area contributed by atoms with Crippen molar-refractivity contribution in [1.29, 1.82) is 0 Å². The second-order valence-electron chi connectivity index (χ2n) is 3.64. The number of rotatable bonds is 3. The number of ether oxygens (including phenoxy) is 1. The van der Waals surface area contributed by atoms with Crippen molar-refractivity contribution in [2.24, 2.45) is 0 Å². The van der Waals surface area contributed by atoms with E-state index in [9.17, 15) is 0 Å². The van der Waals surface area contributed by atoms with Gasteiger partial charge in [-0.1, -0.05) is 0 Å². The van der Waals surface area contributed by atoms with Gasteiger partial charge >= 0.3 is 0 Å². The number of methoxy groups -OCH3 is 1. The summed E-state index contributed by atoms with van der Waals surface area (Å²) in [7, 11) is 1.77. The third kappa shape index (κ3) is 2.44. The highest BCUT2D eigenvalue weighted by Gasteiger charge is 2.23. The zero-order chi connectivity index (χ0) is 8.97. The molecule has 0 amide bonds. The molecule has 0 bridgehead atoms. The first-order valence-corrected chi connectivity index (χ1v) is 4.71. The zero-order valence-corrected chi connectivity index (χ0v) is 8.34. The normalized spacial score (nSPS) is 26.5. The summed E-state index contributed by atoms with van der Waals surface area (Å²) in [6.07, 6.45) is 0. The molecule has 0 radical (unpaired) electrons. The van der Waals surface area contributed by atoms with Crippen LogP contribution in [0.5, 0.6) is 0 Å². The lowest BCUT2D eigenvalue weighted by Crippen LogP contribution is -2.55. The van der Waals surface area contributed by atoms with Crippen LogP contribution in [0.2, 0.25) is 0 Å². The number of hydrogen-bond acceptors (Lipinski definition) is 3. The minimum atomic E-state index is 0.559. The van der Waals surface area contributed by atoms with E-state index in [4.69, 9.17) is 4.74 Å². The van der Waals surface area contributed by atoms with Gasteiger partial charge in [0.25, 0.3) is 0 Å². The van der Waals surface area contributed by atoms with Gasteiger partial charge in [0, 0.05) is 38.8 Å². The van der Waals surface area contributed by atoms with Gasteiger partial charge in [-0.05, 0) is 13.8 Å². The van der Waals surface area contributed by atoms with Gasteiger partial charge in [-0.25, -0.2) is 0 Å². The summed E-state index contributed by atoms with van der Waals surface area (Å²) in [5, 5.41) is 3.38. The molecule has 0 aromatic carbocycles. The predicted molar refractivity (Wildman–Crippen MR) is 50.4 cm³/mol. The molecule has 1 saturated heterocycles. The highest BCUT2D eigenvalue weighted by molar-refractivity contribution is 4.81. The minimum absolute atomic E-state index is 0.559. The number of nitrogens with zero attached hydrogens (tertiary/aromatic N) is 1. The Bertz CT molecular complexity index is 126. The Hall–Kier alpha value is -0.120. The molecule has 0 aliphatic carbocycles. The van der Waals surface area contributed by atoms with Crippen molar-refractivity contribution in [1.82, 2.24) is 10.2 Å². The van der Waals surface area contributed by atoms with E-state index < -0.39 is 0 Å². The van der Waals surface area contributed by atoms with Gasteiger partial charge in [0.15, 0.2) is 0 Å². The van der Waals surface area contributed by atoms with Crippen LogP contribution in [0.15, 0.2) is 0 Å². The Morgan fingerprint density at radius 1 is 1.58 bits per heavy atom. The molecule has 0 saturated carbocycles. The van der Waals surface area contributed by atoms with E-state index in [0.29, 0.717) is 12.1 Å². The first kappa shape index (κ1) is 9.96. The second kappa shape index (κ2) is 4.80. The molecule has 1 unspecified atom stereocenters. The van der Waals surface area contributed by atoms with Crippen molar-refractivity contribution in [3.8, 4) is 0 Å². The first-order valence-electron chi connectivity index (χ1n) is 4.71. The molecule has 0 aromatic rings. The van der Waals surface area contributed by atoms with Crippen LogP contribution in [0.4, 0.5) is 0 Å². The summed E-state index contributed by atoms with van der Waals surface area (Å²) in [6.45, 7) is 8.64. The van der Waals surface area contributed by atoms with Crippen molar-refractivity contribution in [2.45, 2.75) is 25.9 Å². The van der Waals surface area contributed by atoms with Crippen molar-refractivity contribution in [3.05, 3.63) is 0 Å². The monoisotopic (exact) mass is 172 g/mol. The molecule has 1 fully saturated rings. The average Bonchev–Trinajstić information content (AvgIpc) is 2.05. The zero-order valence-electron chi connectivity index (χ0n) is 8.34. The van der Waals surface area contributed by atoms with E-state index >= 15 is 0 Å². The Morgan fingerprint density at radius 3 is 2.92 bits per heavy atom. The van der Waals surface area contributed by atoms with Crippen LogP contribution in [0.3, 0.4) is 0 Å². The molecule has 0 aromatic heterocycles. The molecule has 3 nitrogen and oxygen atoms in total. The van der Waals surface area contributed by atoms with Crippen molar-refractivity contribution in [2.75, 3.05) is 33.4 Å². The van der Waals surface area contributed by atoms with Crippen molar-refractivity contribution >= 4 is 0 Å². The highest BCUT2D eigenvalue weighted by atomic mass is 16.5. The molecule has 3 heteroatoms. The Balaban J connectivity index is 2.42. The van der Waals surface area contributed by atoms with E-state index in [1.165, 1.54) is 0 Å². The smallest absolute Gasteiger partial charge is 0.0630 e. The van der Waals surface area contributed by atoms with Crippen LogP contribution < -0.4 is 5.32 Å². The van der Waals surface area contributed by atoms with Gasteiger partial charge in [-0.3, -0.25) is 4.90 Å². The second-order valence-corrected chi connectivity index (χ2v) is 3.64. The summed E-state index contributed by atoms with van der Waals surface area (Å²) in [5.41, 5.74) is 0. The lowest BCUT2D eigenvalue weighted by molar-refractivity contribution is 0.0539. The maximum Gasteiger partial charge on any atom is 0.0630 e. The van der Waals surface area contributed by atoms with E-state index in [1.807, 2.05) is 0 Å². The van der Waals surface area contributed by atoms with E-state index in [1.54, 1.807) is 7.11 Å². The van der Waals surface area contributed by atoms with Gasteiger partial charge in [-0.15, -0.1) is 0 Å².